The Balaban J connectivity index is 1.76. The van der Waals surface area contributed by atoms with Crippen molar-refractivity contribution in [1.82, 2.24) is 0 Å². The van der Waals surface area contributed by atoms with Gasteiger partial charge in [0.15, 0.2) is 11.6 Å². The lowest BCUT2D eigenvalue weighted by Gasteiger charge is -2.60. The van der Waals surface area contributed by atoms with Crippen molar-refractivity contribution in [2.24, 2.45) is 34.5 Å². The number of fused-ring (bicyclic) bond motifs is 5. The van der Waals surface area contributed by atoms with Crippen LogP contribution in [0.15, 0.2) is 11.6 Å². The van der Waals surface area contributed by atoms with E-state index in [-0.39, 0.29) is 46.3 Å². The number of ether oxygens (including phenoxy) is 1. The quantitative estimate of drug-likeness (QED) is 0.751. The first kappa shape index (κ1) is 19.8. The van der Waals surface area contributed by atoms with Gasteiger partial charge in [0.05, 0.1) is 0 Å². The van der Waals surface area contributed by atoms with Crippen LogP contribution in [0.25, 0.3) is 0 Å². The summed E-state index contributed by atoms with van der Waals surface area (Å²) in [6.07, 6.45) is 7.37. The molecule has 0 bridgehead atoms. The van der Waals surface area contributed by atoms with Crippen LogP contribution in [0.5, 0.6) is 0 Å². The Kier molecular flexibility index (Phi) is 4.80. The van der Waals surface area contributed by atoms with Gasteiger partial charge in [-0.05, 0) is 67.3 Å². The first-order chi connectivity index (χ1) is 13.2. The van der Waals surface area contributed by atoms with Gasteiger partial charge in [0.1, 0.15) is 12.7 Å². The molecule has 3 fully saturated rings. The summed E-state index contributed by atoms with van der Waals surface area (Å²) >= 11 is 0. The van der Waals surface area contributed by atoms with Crippen molar-refractivity contribution in [2.75, 3.05) is 6.61 Å². The molecule has 0 amide bonds. The van der Waals surface area contributed by atoms with E-state index in [9.17, 15) is 19.5 Å². The molecule has 0 radical (unpaired) electrons. The summed E-state index contributed by atoms with van der Waals surface area (Å²) in [5.74, 6) is 0.696. The predicted molar refractivity (Wildman–Crippen MR) is 103 cm³/mol. The lowest BCUT2D eigenvalue weighted by Crippen LogP contribution is -2.58. The van der Waals surface area contributed by atoms with Crippen molar-refractivity contribution in [3.05, 3.63) is 11.6 Å². The van der Waals surface area contributed by atoms with Crippen LogP contribution in [-0.2, 0) is 19.1 Å². The molecule has 0 saturated heterocycles. The van der Waals surface area contributed by atoms with E-state index in [1.165, 1.54) is 12.5 Å². The van der Waals surface area contributed by atoms with Gasteiger partial charge in [0, 0.05) is 25.2 Å². The first-order valence-electron chi connectivity index (χ1n) is 10.8. The van der Waals surface area contributed by atoms with Crippen molar-refractivity contribution in [3.63, 3.8) is 0 Å². The highest BCUT2D eigenvalue weighted by Gasteiger charge is 2.63. The molecular weight excluding hydrogens is 356 g/mol. The highest BCUT2D eigenvalue weighted by molar-refractivity contribution is 5.91. The number of allylic oxidation sites excluding steroid dienone is 1. The lowest BCUT2D eigenvalue weighted by molar-refractivity contribution is -0.176. The summed E-state index contributed by atoms with van der Waals surface area (Å²) in [7, 11) is 0. The first-order valence-corrected chi connectivity index (χ1v) is 10.8. The number of Topliss-reactive ketones (excluding diaryl/α,β-unsaturated/α-hetero) is 1. The van der Waals surface area contributed by atoms with E-state index >= 15 is 0 Å². The Labute approximate surface area is 166 Å². The highest BCUT2D eigenvalue weighted by atomic mass is 16.5. The number of aliphatic hydroxyl groups is 1. The summed E-state index contributed by atoms with van der Waals surface area (Å²) in [6, 6.07) is 0. The topological polar surface area (TPSA) is 80.7 Å². The van der Waals surface area contributed by atoms with E-state index < -0.39 is 6.61 Å². The van der Waals surface area contributed by atoms with Crippen LogP contribution in [-0.4, -0.2) is 35.4 Å². The molecule has 7 atom stereocenters. The third kappa shape index (κ3) is 2.80. The van der Waals surface area contributed by atoms with Gasteiger partial charge in [-0.1, -0.05) is 19.4 Å². The van der Waals surface area contributed by atoms with Crippen LogP contribution in [0.2, 0.25) is 0 Å². The maximum atomic E-state index is 12.5. The molecule has 5 nitrogen and oxygen atoms in total. The molecule has 0 aromatic heterocycles. The monoisotopic (exact) mass is 388 g/mol. The third-order valence-electron chi connectivity index (χ3n) is 8.73. The third-order valence-corrected chi connectivity index (χ3v) is 8.73. The van der Waals surface area contributed by atoms with Crippen molar-refractivity contribution >= 4 is 17.5 Å². The number of aliphatic hydroxyl groups excluding tert-OH is 1. The summed E-state index contributed by atoms with van der Waals surface area (Å²) in [5, 5.41) is 9.49. The zero-order chi connectivity index (χ0) is 20.3. The molecule has 0 spiro atoms. The van der Waals surface area contributed by atoms with E-state index in [4.69, 9.17) is 4.74 Å². The molecule has 28 heavy (non-hydrogen) atoms. The highest BCUT2D eigenvalue weighted by Crippen LogP contribution is 2.67. The minimum atomic E-state index is -0.411. The minimum Gasteiger partial charge on any atom is -0.462 e. The zero-order valence-electron chi connectivity index (χ0n) is 17.2. The zero-order valence-corrected chi connectivity index (χ0v) is 17.2. The fraction of sp³-hybridized carbons (Fsp3) is 0.783. The molecule has 4 aliphatic carbocycles. The normalized spacial score (nSPS) is 44.8. The molecule has 3 saturated carbocycles. The summed E-state index contributed by atoms with van der Waals surface area (Å²) in [6.45, 7) is 5.48. The van der Waals surface area contributed by atoms with Crippen molar-refractivity contribution in [2.45, 2.75) is 71.8 Å². The number of hydrogen-bond acceptors (Lipinski definition) is 5. The molecule has 154 valence electrons. The number of carbonyl (C=O) groups excluding carboxylic acids is 3. The number of esters is 1. The van der Waals surface area contributed by atoms with Crippen LogP contribution in [0.4, 0.5) is 0 Å². The van der Waals surface area contributed by atoms with Crippen LogP contribution in [0.1, 0.15) is 65.7 Å². The van der Waals surface area contributed by atoms with E-state index in [1.54, 1.807) is 0 Å². The van der Waals surface area contributed by atoms with Crippen molar-refractivity contribution in [3.8, 4) is 0 Å². The Morgan fingerprint density at radius 1 is 1.21 bits per heavy atom. The van der Waals surface area contributed by atoms with Crippen molar-refractivity contribution in [1.29, 1.82) is 0 Å². The van der Waals surface area contributed by atoms with Gasteiger partial charge in [-0.15, -0.1) is 0 Å². The van der Waals surface area contributed by atoms with E-state index in [0.29, 0.717) is 24.7 Å². The van der Waals surface area contributed by atoms with Gasteiger partial charge >= 0.3 is 5.97 Å². The number of hydrogen-bond donors (Lipinski definition) is 1. The van der Waals surface area contributed by atoms with Crippen molar-refractivity contribution < 1.29 is 24.2 Å². The predicted octanol–water partition coefficient (Wildman–Crippen LogP) is 3.24. The SMILES string of the molecule is CC(=O)O[C@@H]1C[C@]2(C)[C@@H](C(=O)CO)CC[C@H]2[C@@H]2CCC3=CC(=O)CC[C@]3(C)[C@H]21. The van der Waals surface area contributed by atoms with E-state index in [2.05, 4.69) is 13.8 Å². The Hall–Kier alpha value is -1.49. The largest absolute Gasteiger partial charge is 0.462 e. The molecular formula is C23H32O5. The maximum absolute atomic E-state index is 12.5. The summed E-state index contributed by atoms with van der Waals surface area (Å²) in [5.41, 5.74) is 0.882. The fourth-order valence-corrected chi connectivity index (χ4v) is 7.61. The Bertz CT molecular complexity index is 739. The van der Waals surface area contributed by atoms with Crippen LogP contribution >= 0.6 is 0 Å². The number of rotatable bonds is 3. The average Bonchev–Trinajstić information content (AvgIpc) is 2.97. The molecule has 0 aromatic rings. The molecule has 5 heteroatoms. The van der Waals surface area contributed by atoms with Crippen LogP contribution in [0, 0.1) is 34.5 Å². The summed E-state index contributed by atoms with van der Waals surface area (Å²) in [4.78, 5) is 36.5. The second-order valence-corrected chi connectivity index (χ2v) is 10.0. The Morgan fingerprint density at radius 3 is 2.64 bits per heavy atom. The second-order valence-electron chi connectivity index (χ2n) is 10.0. The number of carbonyl (C=O) groups is 3. The lowest BCUT2D eigenvalue weighted by atomic mass is 9.46. The summed E-state index contributed by atoms with van der Waals surface area (Å²) < 4.78 is 5.91. The second kappa shape index (κ2) is 6.79. The maximum Gasteiger partial charge on any atom is 0.302 e. The van der Waals surface area contributed by atoms with E-state index in [1.807, 2.05) is 6.08 Å². The molecule has 4 rings (SSSR count). The van der Waals surface area contributed by atoms with Gasteiger partial charge in [-0.25, -0.2) is 0 Å². The number of ketones is 2. The van der Waals surface area contributed by atoms with Gasteiger partial charge in [-0.2, -0.15) is 0 Å². The molecule has 0 aliphatic heterocycles. The minimum absolute atomic E-state index is 0.0732. The smallest absolute Gasteiger partial charge is 0.302 e. The van der Waals surface area contributed by atoms with Crippen LogP contribution < -0.4 is 0 Å². The fourth-order valence-electron chi connectivity index (χ4n) is 7.61. The van der Waals surface area contributed by atoms with Gasteiger partial charge in [0.25, 0.3) is 0 Å². The molecule has 0 unspecified atom stereocenters. The average molecular weight is 389 g/mol. The molecule has 4 aliphatic rings. The molecule has 0 heterocycles. The van der Waals surface area contributed by atoms with Gasteiger partial charge < -0.3 is 9.84 Å². The van der Waals surface area contributed by atoms with Gasteiger partial charge in [-0.3, -0.25) is 14.4 Å². The Morgan fingerprint density at radius 2 is 1.96 bits per heavy atom. The molecule has 0 aromatic carbocycles. The van der Waals surface area contributed by atoms with E-state index in [0.717, 1.165) is 32.1 Å². The molecule has 1 N–H and O–H groups in total. The standard InChI is InChI=1S/C23H32O5/c1-13(25)28-20-11-23(3)17(6-7-18(23)19(27)12-24)16-5-4-14-10-15(26)8-9-22(14,2)21(16)20/h10,16-18,20-21,24H,4-9,11-12H2,1-3H3/t16-,17-,18+,20+,21+,22-,23-/m0/s1. The van der Waals surface area contributed by atoms with Crippen LogP contribution in [0.3, 0.4) is 0 Å². The van der Waals surface area contributed by atoms with Gasteiger partial charge in [0.2, 0.25) is 0 Å².